The Balaban J connectivity index is 0.00000242. The summed E-state index contributed by atoms with van der Waals surface area (Å²) in [5.74, 6) is 1.06. The second kappa shape index (κ2) is 8.20. The van der Waals surface area contributed by atoms with Crippen molar-refractivity contribution in [2.45, 2.75) is 33.0 Å². The van der Waals surface area contributed by atoms with E-state index in [1.165, 1.54) is 6.07 Å². The summed E-state index contributed by atoms with van der Waals surface area (Å²) in [5, 5.41) is 2.91. The van der Waals surface area contributed by atoms with E-state index in [-0.39, 0.29) is 55.1 Å². The number of hydrogen-bond acceptors (Lipinski definition) is 4. The molecule has 124 valence electrons. The van der Waals surface area contributed by atoms with E-state index in [0.717, 1.165) is 0 Å². The first-order valence-corrected chi connectivity index (χ1v) is 6.39. The molecule has 1 aliphatic heterocycles. The number of fused-ring (bicyclic) bond motifs is 1. The van der Waals surface area contributed by atoms with Gasteiger partial charge in [0.15, 0.2) is 17.5 Å². The van der Waals surface area contributed by atoms with Gasteiger partial charge >= 0.3 is 6.61 Å². The Labute approximate surface area is 144 Å². The topological polar surface area (TPSA) is 78.1 Å². The maximum Gasteiger partial charge on any atom is 0.387 e. The average Bonchev–Trinajstić information content (AvgIpc) is 2.81. The fraction of sp³-hybridized carbons (Fsp3) is 0.462. The molecule has 0 saturated carbocycles. The van der Waals surface area contributed by atoms with E-state index < -0.39 is 6.61 Å². The predicted molar refractivity (Wildman–Crippen MR) is 88.2 cm³/mol. The fourth-order valence-corrected chi connectivity index (χ4v) is 1.81. The molecule has 0 atom stereocenters. The molecular formula is C13H18F2IN3O3. The first-order valence-electron chi connectivity index (χ1n) is 6.39. The average molecular weight is 429 g/mol. The van der Waals surface area contributed by atoms with E-state index in [2.05, 4.69) is 15.0 Å². The lowest BCUT2D eigenvalue weighted by molar-refractivity contribution is -0.0504. The molecule has 0 aliphatic carbocycles. The van der Waals surface area contributed by atoms with E-state index >= 15 is 0 Å². The second-order valence-electron chi connectivity index (χ2n) is 4.69. The zero-order valence-electron chi connectivity index (χ0n) is 12.1. The SMILES string of the molecule is CC(C)NC(N)=NCc1cc2c(cc1OC(F)F)OCO2.I. The van der Waals surface area contributed by atoms with Gasteiger partial charge in [-0.15, -0.1) is 24.0 Å². The van der Waals surface area contributed by atoms with Crippen molar-refractivity contribution in [3.8, 4) is 17.2 Å². The first-order chi connectivity index (χ1) is 9.95. The molecule has 6 nitrogen and oxygen atoms in total. The highest BCUT2D eigenvalue weighted by atomic mass is 127. The van der Waals surface area contributed by atoms with Crippen LogP contribution >= 0.6 is 24.0 Å². The molecule has 0 bridgehead atoms. The van der Waals surface area contributed by atoms with Gasteiger partial charge in [-0.25, -0.2) is 4.99 Å². The molecule has 22 heavy (non-hydrogen) atoms. The Morgan fingerprint density at radius 2 is 2.00 bits per heavy atom. The molecule has 0 aromatic heterocycles. The van der Waals surface area contributed by atoms with Crippen LogP contribution in [0, 0.1) is 0 Å². The number of halogens is 3. The summed E-state index contributed by atoms with van der Waals surface area (Å²) >= 11 is 0. The van der Waals surface area contributed by atoms with Gasteiger partial charge in [0.05, 0.1) is 6.54 Å². The minimum atomic E-state index is -2.93. The van der Waals surface area contributed by atoms with Crippen LogP contribution in [-0.2, 0) is 6.54 Å². The van der Waals surface area contributed by atoms with Crippen molar-refractivity contribution in [3.05, 3.63) is 17.7 Å². The number of nitrogens with one attached hydrogen (secondary N) is 1. The van der Waals surface area contributed by atoms with E-state index in [9.17, 15) is 8.78 Å². The lowest BCUT2D eigenvalue weighted by Gasteiger charge is -2.12. The monoisotopic (exact) mass is 429 g/mol. The maximum absolute atomic E-state index is 12.5. The third-order valence-electron chi connectivity index (χ3n) is 2.63. The molecule has 0 amide bonds. The summed E-state index contributed by atoms with van der Waals surface area (Å²) < 4.78 is 39.7. The zero-order chi connectivity index (χ0) is 15.4. The van der Waals surface area contributed by atoms with Gasteiger partial charge in [0.25, 0.3) is 0 Å². The molecule has 0 fully saturated rings. The van der Waals surface area contributed by atoms with Crippen LogP contribution in [0.25, 0.3) is 0 Å². The molecule has 1 aliphatic rings. The highest BCUT2D eigenvalue weighted by Crippen LogP contribution is 2.38. The summed E-state index contributed by atoms with van der Waals surface area (Å²) in [6.45, 7) is 1.03. The molecule has 1 aromatic carbocycles. The number of aliphatic imine (C=N–C) groups is 1. The highest BCUT2D eigenvalue weighted by Gasteiger charge is 2.19. The minimum Gasteiger partial charge on any atom is -0.454 e. The van der Waals surface area contributed by atoms with Gasteiger partial charge in [-0.3, -0.25) is 0 Å². The number of hydrogen-bond donors (Lipinski definition) is 2. The fourth-order valence-electron chi connectivity index (χ4n) is 1.81. The van der Waals surface area contributed by atoms with Crippen molar-refractivity contribution in [3.63, 3.8) is 0 Å². The third-order valence-corrected chi connectivity index (χ3v) is 2.63. The number of guanidine groups is 1. The number of ether oxygens (including phenoxy) is 3. The molecule has 1 aromatic rings. The number of alkyl halides is 2. The highest BCUT2D eigenvalue weighted by molar-refractivity contribution is 14.0. The van der Waals surface area contributed by atoms with Crippen LogP contribution < -0.4 is 25.3 Å². The number of benzene rings is 1. The Hall–Kier alpha value is -1.52. The van der Waals surface area contributed by atoms with Crippen LogP contribution in [0.2, 0.25) is 0 Å². The summed E-state index contributed by atoms with van der Waals surface area (Å²) in [4.78, 5) is 4.09. The molecule has 0 radical (unpaired) electrons. The zero-order valence-corrected chi connectivity index (χ0v) is 14.5. The molecule has 3 N–H and O–H groups in total. The quantitative estimate of drug-likeness (QED) is 0.427. The van der Waals surface area contributed by atoms with Crippen molar-refractivity contribution in [1.29, 1.82) is 0 Å². The molecule has 0 unspecified atom stereocenters. The number of rotatable bonds is 5. The van der Waals surface area contributed by atoms with Crippen molar-refractivity contribution in [2.75, 3.05) is 6.79 Å². The largest absolute Gasteiger partial charge is 0.454 e. The van der Waals surface area contributed by atoms with Crippen LogP contribution in [0.1, 0.15) is 19.4 Å². The molecular weight excluding hydrogens is 411 g/mol. The van der Waals surface area contributed by atoms with Crippen molar-refractivity contribution >= 4 is 29.9 Å². The van der Waals surface area contributed by atoms with E-state index in [1.807, 2.05) is 13.8 Å². The van der Waals surface area contributed by atoms with E-state index in [4.69, 9.17) is 15.2 Å². The summed E-state index contributed by atoms with van der Waals surface area (Å²) in [6, 6.07) is 3.06. The van der Waals surface area contributed by atoms with Gasteiger partial charge in [0, 0.05) is 17.7 Å². The lowest BCUT2D eigenvalue weighted by Crippen LogP contribution is -2.36. The standard InChI is InChI=1S/C13H17F2N3O3.HI/c1-7(2)18-13(16)17-5-8-3-10-11(20-6-19-10)4-9(8)21-12(14)15;/h3-4,7,12H,5-6H2,1-2H3,(H3,16,17,18);1H. The summed E-state index contributed by atoms with van der Waals surface area (Å²) in [7, 11) is 0. The van der Waals surface area contributed by atoms with E-state index in [1.54, 1.807) is 6.07 Å². The van der Waals surface area contributed by atoms with E-state index in [0.29, 0.717) is 17.1 Å². The van der Waals surface area contributed by atoms with Crippen LogP contribution in [0.15, 0.2) is 17.1 Å². The van der Waals surface area contributed by atoms with Gasteiger partial charge < -0.3 is 25.3 Å². The second-order valence-corrected chi connectivity index (χ2v) is 4.69. The van der Waals surface area contributed by atoms with Crippen LogP contribution in [0.4, 0.5) is 8.78 Å². The number of nitrogens with two attached hydrogens (primary N) is 1. The van der Waals surface area contributed by atoms with Crippen LogP contribution in [0.3, 0.4) is 0 Å². The smallest absolute Gasteiger partial charge is 0.387 e. The summed E-state index contributed by atoms with van der Waals surface area (Å²) in [6.07, 6.45) is 0. The Bertz CT molecular complexity index is 542. The molecule has 1 heterocycles. The molecule has 0 saturated heterocycles. The Morgan fingerprint density at radius 3 is 2.59 bits per heavy atom. The minimum absolute atomic E-state index is 0. The lowest BCUT2D eigenvalue weighted by atomic mass is 10.1. The normalized spacial score (nSPS) is 13.3. The van der Waals surface area contributed by atoms with Gasteiger partial charge in [0.2, 0.25) is 6.79 Å². The molecule has 2 rings (SSSR count). The van der Waals surface area contributed by atoms with Crippen LogP contribution in [0.5, 0.6) is 17.2 Å². The maximum atomic E-state index is 12.5. The Kier molecular flexibility index (Phi) is 6.91. The molecule has 9 heteroatoms. The predicted octanol–water partition coefficient (Wildman–Crippen LogP) is 2.45. The van der Waals surface area contributed by atoms with Gasteiger partial charge in [-0.05, 0) is 19.9 Å². The number of nitrogens with zero attached hydrogens (tertiary/aromatic N) is 1. The Morgan fingerprint density at radius 1 is 1.36 bits per heavy atom. The van der Waals surface area contributed by atoms with Gasteiger partial charge in [-0.2, -0.15) is 8.78 Å². The van der Waals surface area contributed by atoms with Crippen molar-refractivity contribution in [1.82, 2.24) is 5.32 Å². The van der Waals surface area contributed by atoms with Gasteiger partial charge in [0.1, 0.15) is 5.75 Å². The van der Waals surface area contributed by atoms with Crippen LogP contribution in [-0.4, -0.2) is 25.4 Å². The first kappa shape index (κ1) is 18.5. The van der Waals surface area contributed by atoms with Gasteiger partial charge in [-0.1, -0.05) is 0 Å². The van der Waals surface area contributed by atoms with Crippen molar-refractivity contribution < 1.29 is 23.0 Å². The third kappa shape index (κ3) is 5.04. The molecule has 0 spiro atoms. The van der Waals surface area contributed by atoms with Crippen molar-refractivity contribution in [2.24, 2.45) is 10.7 Å². The summed E-state index contributed by atoms with van der Waals surface area (Å²) in [5.41, 5.74) is 6.12.